The molecule has 2 aromatic carbocycles. The fourth-order valence-corrected chi connectivity index (χ4v) is 2.57. The zero-order valence-corrected chi connectivity index (χ0v) is 15.5. The summed E-state index contributed by atoms with van der Waals surface area (Å²) in [4.78, 5) is 20.7. The van der Waals surface area contributed by atoms with Gasteiger partial charge in [-0.1, -0.05) is 12.1 Å². The lowest BCUT2D eigenvalue weighted by Crippen LogP contribution is -2.25. The van der Waals surface area contributed by atoms with Crippen LogP contribution in [0.2, 0.25) is 0 Å². The second kappa shape index (κ2) is 9.57. The van der Waals surface area contributed by atoms with Crippen molar-refractivity contribution in [3.63, 3.8) is 0 Å². The normalized spacial score (nSPS) is 10.5. The third-order valence-electron chi connectivity index (χ3n) is 3.97. The Bertz CT molecular complexity index is 932. The summed E-state index contributed by atoms with van der Waals surface area (Å²) in [7, 11) is 1.63. The minimum Gasteiger partial charge on any atom is -0.385 e. The number of ether oxygens (including phenoxy) is 1. The first kappa shape index (κ1) is 19.4. The molecule has 7 heteroatoms. The van der Waals surface area contributed by atoms with Gasteiger partial charge < -0.3 is 15.4 Å². The molecule has 0 saturated heterocycles. The van der Waals surface area contributed by atoms with E-state index >= 15 is 0 Å². The number of nitrogens with one attached hydrogen (secondary N) is 2. The molecule has 1 amide bonds. The van der Waals surface area contributed by atoms with Crippen LogP contribution >= 0.6 is 0 Å². The van der Waals surface area contributed by atoms with E-state index in [0.29, 0.717) is 35.9 Å². The number of benzene rings is 2. The lowest BCUT2D eigenvalue weighted by molar-refractivity contribution is 0.0948. The monoisotopic (exact) mass is 380 g/mol. The van der Waals surface area contributed by atoms with Crippen molar-refractivity contribution in [2.75, 3.05) is 25.6 Å². The molecule has 0 spiro atoms. The van der Waals surface area contributed by atoms with Crippen molar-refractivity contribution in [2.24, 2.45) is 0 Å². The number of aromatic nitrogens is 2. The molecule has 0 aliphatic heterocycles. The average Bonchev–Trinajstić information content (AvgIpc) is 2.72. The molecule has 0 aliphatic carbocycles. The van der Waals surface area contributed by atoms with Crippen molar-refractivity contribution in [3.8, 4) is 11.4 Å². The highest BCUT2D eigenvalue weighted by Crippen LogP contribution is 2.20. The molecule has 144 valence electrons. The van der Waals surface area contributed by atoms with Crippen LogP contribution in [0.15, 0.2) is 60.8 Å². The molecule has 3 rings (SSSR count). The first-order valence-electron chi connectivity index (χ1n) is 8.89. The second-order valence-electron chi connectivity index (χ2n) is 6.08. The average molecular weight is 380 g/mol. The van der Waals surface area contributed by atoms with E-state index in [9.17, 15) is 9.18 Å². The van der Waals surface area contributed by atoms with Crippen LogP contribution in [0.5, 0.6) is 0 Å². The molecule has 0 radical (unpaired) electrons. The fourth-order valence-electron chi connectivity index (χ4n) is 2.57. The Morgan fingerprint density at radius 2 is 1.96 bits per heavy atom. The van der Waals surface area contributed by atoms with Crippen LogP contribution in [0.4, 0.5) is 15.9 Å². The van der Waals surface area contributed by atoms with Gasteiger partial charge in [0.15, 0.2) is 5.82 Å². The van der Waals surface area contributed by atoms with E-state index < -0.39 is 0 Å². The van der Waals surface area contributed by atoms with Gasteiger partial charge in [0, 0.05) is 43.3 Å². The van der Waals surface area contributed by atoms with Gasteiger partial charge in [0.2, 0.25) is 0 Å². The van der Waals surface area contributed by atoms with E-state index in [1.165, 1.54) is 12.1 Å². The van der Waals surface area contributed by atoms with Gasteiger partial charge in [-0.3, -0.25) is 4.79 Å². The maximum absolute atomic E-state index is 13.4. The van der Waals surface area contributed by atoms with Gasteiger partial charge in [0.05, 0.1) is 0 Å². The number of rotatable bonds is 8. The molecule has 0 bridgehead atoms. The summed E-state index contributed by atoms with van der Waals surface area (Å²) in [5.74, 6) is 0.538. The Kier molecular flexibility index (Phi) is 6.64. The second-order valence-corrected chi connectivity index (χ2v) is 6.08. The van der Waals surface area contributed by atoms with E-state index in [1.54, 1.807) is 55.8 Å². The highest BCUT2D eigenvalue weighted by atomic mass is 19.1. The first-order valence-corrected chi connectivity index (χ1v) is 8.89. The number of halogens is 1. The maximum atomic E-state index is 13.4. The smallest absolute Gasteiger partial charge is 0.251 e. The van der Waals surface area contributed by atoms with Crippen LogP contribution in [-0.2, 0) is 4.74 Å². The van der Waals surface area contributed by atoms with Crippen LogP contribution in [0, 0.1) is 5.82 Å². The summed E-state index contributed by atoms with van der Waals surface area (Å²) in [6, 6.07) is 14.9. The maximum Gasteiger partial charge on any atom is 0.251 e. The van der Waals surface area contributed by atoms with Crippen molar-refractivity contribution >= 4 is 17.4 Å². The first-order chi connectivity index (χ1) is 13.7. The van der Waals surface area contributed by atoms with E-state index in [-0.39, 0.29) is 11.7 Å². The van der Waals surface area contributed by atoms with Gasteiger partial charge in [0.1, 0.15) is 11.6 Å². The van der Waals surface area contributed by atoms with Crippen molar-refractivity contribution in [1.29, 1.82) is 0 Å². The van der Waals surface area contributed by atoms with E-state index in [1.807, 2.05) is 0 Å². The zero-order valence-electron chi connectivity index (χ0n) is 15.5. The lowest BCUT2D eigenvalue weighted by Gasteiger charge is -2.09. The van der Waals surface area contributed by atoms with E-state index in [0.717, 1.165) is 12.1 Å². The Hall–Kier alpha value is -3.32. The van der Waals surface area contributed by atoms with Crippen LogP contribution in [0.1, 0.15) is 16.8 Å². The molecular weight excluding hydrogens is 359 g/mol. The van der Waals surface area contributed by atoms with Crippen molar-refractivity contribution in [3.05, 3.63) is 72.2 Å². The Morgan fingerprint density at radius 1 is 1.14 bits per heavy atom. The lowest BCUT2D eigenvalue weighted by atomic mass is 10.2. The van der Waals surface area contributed by atoms with Crippen molar-refractivity contribution < 1.29 is 13.9 Å². The molecule has 2 N–H and O–H groups in total. The number of carbonyl (C=O) groups is 1. The van der Waals surface area contributed by atoms with Crippen molar-refractivity contribution in [1.82, 2.24) is 15.3 Å². The molecule has 0 atom stereocenters. The summed E-state index contributed by atoms with van der Waals surface area (Å²) in [5.41, 5.74) is 1.95. The summed E-state index contributed by atoms with van der Waals surface area (Å²) < 4.78 is 18.4. The molecule has 0 saturated carbocycles. The molecule has 0 aliphatic rings. The summed E-state index contributed by atoms with van der Waals surface area (Å²) in [6.07, 6.45) is 2.38. The minimum atomic E-state index is -0.337. The molecule has 1 heterocycles. The standard InChI is InChI=1S/C21H21FN4O2/c1-28-13-3-11-24-21(27)15-6-8-18(9-7-15)25-19-10-12-23-20(26-19)16-4-2-5-17(22)14-16/h2,4-10,12,14H,3,11,13H2,1H3,(H,24,27)(H,23,25,26). The number of hydrogen-bond donors (Lipinski definition) is 2. The number of nitrogens with zero attached hydrogens (tertiary/aromatic N) is 2. The molecule has 0 fully saturated rings. The highest BCUT2D eigenvalue weighted by molar-refractivity contribution is 5.94. The van der Waals surface area contributed by atoms with Gasteiger partial charge in [-0.15, -0.1) is 0 Å². The van der Waals surface area contributed by atoms with Gasteiger partial charge >= 0.3 is 0 Å². The predicted molar refractivity (Wildman–Crippen MR) is 106 cm³/mol. The number of hydrogen-bond acceptors (Lipinski definition) is 5. The minimum absolute atomic E-state index is 0.127. The van der Waals surface area contributed by atoms with Gasteiger partial charge in [-0.25, -0.2) is 14.4 Å². The third kappa shape index (κ3) is 5.34. The quantitative estimate of drug-likeness (QED) is 0.582. The molecule has 0 unspecified atom stereocenters. The summed E-state index contributed by atoms with van der Waals surface area (Å²) >= 11 is 0. The molecule has 28 heavy (non-hydrogen) atoms. The summed E-state index contributed by atoms with van der Waals surface area (Å²) in [5, 5.41) is 6.00. The number of amides is 1. The van der Waals surface area contributed by atoms with Crippen LogP contribution in [0.25, 0.3) is 11.4 Å². The van der Waals surface area contributed by atoms with Crippen LogP contribution in [-0.4, -0.2) is 36.1 Å². The highest BCUT2D eigenvalue weighted by Gasteiger charge is 2.07. The summed E-state index contributed by atoms with van der Waals surface area (Å²) in [6.45, 7) is 1.18. The molecule has 3 aromatic rings. The van der Waals surface area contributed by atoms with E-state index in [4.69, 9.17) is 4.74 Å². The van der Waals surface area contributed by atoms with Gasteiger partial charge in [-0.2, -0.15) is 0 Å². The number of carbonyl (C=O) groups excluding carboxylic acids is 1. The topological polar surface area (TPSA) is 76.1 Å². The molecule has 6 nitrogen and oxygen atoms in total. The molecular formula is C21H21FN4O2. The van der Waals surface area contributed by atoms with Crippen molar-refractivity contribution in [2.45, 2.75) is 6.42 Å². The number of methoxy groups -OCH3 is 1. The Labute approximate surface area is 162 Å². The zero-order chi connectivity index (χ0) is 19.8. The van der Waals surface area contributed by atoms with E-state index in [2.05, 4.69) is 20.6 Å². The predicted octanol–water partition coefficient (Wildman–Crippen LogP) is 3.79. The third-order valence-corrected chi connectivity index (χ3v) is 3.97. The Balaban J connectivity index is 1.64. The molecule has 1 aromatic heterocycles. The van der Waals surface area contributed by atoms with Crippen LogP contribution < -0.4 is 10.6 Å². The SMILES string of the molecule is COCCCNC(=O)c1ccc(Nc2ccnc(-c3cccc(F)c3)n2)cc1. The largest absolute Gasteiger partial charge is 0.385 e. The van der Waals surface area contributed by atoms with Gasteiger partial charge in [-0.05, 0) is 48.9 Å². The van der Waals surface area contributed by atoms with Crippen LogP contribution in [0.3, 0.4) is 0 Å². The number of anilines is 2. The fraction of sp³-hybridized carbons (Fsp3) is 0.190. The van der Waals surface area contributed by atoms with Gasteiger partial charge in [0.25, 0.3) is 5.91 Å². The Morgan fingerprint density at radius 3 is 2.71 bits per heavy atom.